The van der Waals surface area contributed by atoms with Crippen molar-refractivity contribution < 1.29 is 14.3 Å². The third-order valence-corrected chi connectivity index (χ3v) is 3.82. The van der Waals surface area contributed by atoms with E-state index in [1.807, 2.05) is 12.1 Å². The number of benzene rings is 1. The fourth-order valence-electron chi connectivity index (χ4n) is 2.63. The highest BCUT2D eigenvalue weighted by molar-refractivity contribution is 6.26. The Bertz CT molecular complexity index is 439. The number of esters is 1. The molecule has 19 heavy (non-hydrogen) atoms. The maximum absolute atomic E-state index is 11.4. The topological polar surface area (TPSA) is 35.5 Å². The van der Waals surface area contributed by atoms with Crippen molar-refractivity contribution in [3.05, 3.63) is 23.8 Å². The molecule has 0 unspecified atom stereocenters. The van der Waals surface area contributed by atoms with Gasteiger partial charge in [-0.15, -0.1) is 11.6 Å². The lowest BCUT2D eigenvalue weighted by atomic mass is 9.83. The Kier molecular flexibility index (Phi) is 5.08. The SMILES string of the molecule is COc1ccc(C2CCCCC2)c(OC(=O)CCl)c1. The van der Waals surface area contributed by atoms with E-state index in [-0.39, 0.29) is 5.88 Å². The van der Waals surface area contributed by atoms with E-state index in [1.165, 1.54) is 19.3 Å². The minimum atomic E-state index is -0.424. The molecule has 0 atom stereocenters. The first-order valence-corrected chi connectivity index (χ1v) is 7.22. The fraction of sp³-hybridized carbons (Fsp3) is 0.533. The molecule has 2 rings (SSSR count). The number of carbonyl (C=O) groups excluding carboxylic acids is 1. The summed E-state index contributed by atoms with van der Waals surface area (Å²) in [6, 6.07) is 5.70. The van der Waals surface area contributed by atoms with Gasteiger partial charge in [0.1, 0.15) is 17.4 Å². The molecule has 1 aromatic rings. The van der Waals surface area contributed by atoms with Gasteiger partial charge in [0.2, 0.25) is 0 Å². The van der Waals surface area contributed by atoms with Crippen LogP contribution in [0.25, 0.3) is 0 Å². The minimum Gasteiger partial charge on any atom is -0.497 e. The van der Waals surface area contributed by atoms with Gasteiger partial charge in [0.05, 0.1) is 7.11 Å². The number of alkyl halides is 1. The quantitative estimate of drug-likeness (QED) is 0.477. The first-order chi connectivity index (χ1) is 9.24. The van der Waals surface area contributed by atoms with E-state index in [2.05, 4.69) is 0 Å². The maximum atomic E-state index is 11.4. The highest BCUT2D eigenvalue weighted by Gasteiger charge is 2.21. The number of carbonyl (C=O) groups is 1. The lowest BCUT2D eigenvalue weighted by molar-refractivity contribution is -0.131. The lowest BCUT2D eigenvalue weighted by Crippen LogP contribution is -2.13. The highest BCUT2D eigenvalue weighted by atomic mass is 35.5. The Balaban J connectivity index is 2.26. The van der Waals surface area contributed by atoms with Gasteiger partial charge in [-0.3, -0.25) is 4.79 Å². The first-order valence-electron chi connectivity index (χ1n) is 6.69. The van der Waals surface area contributed by atoms with Crippen molar-refractivity contribution in [1.29, 1.82) is 0 Å². The van der Waals surface area contributed by atoms with Crippen molar-refractivity contribution in [2.75, 3.05) is 13.0 Å². The molecular formula is C15H19ClO3. The van der Waals surface area contributed by atoms with Crippen LogP contribution in [0.3, 0.4) is 0 Å². The summed E-state index contributed by atoms with van der Waals surface area (Å²) in [4.78, 5) is 11.4. The third-order valence-electron chi connectivity index (χ3n) is 3.60. The van der Waals surface area contributed by atoms with Gasteiger partial charge in [0, 0.05) is 6.07 Å². The van der Waals surface area contributed by atoms with E-state index in [1.54, 1.807) is 13.2 Å². The summed E-state index contributed by atoms with van der Waals surface area (Å²) >= 11 is 5.51. The van der Waals surface area contributed by atoms with E-state index in [4.69, 9.17) is 21.1 Å². The Morgan fingerprint density at radius 2 is 2.05 bits per heavy atom. The van der Waals surface area contributed by atoms with Crippen LogP contribution in [0.1, 0.15) is 43.6 Å². The predicted octanol–water partition coefficient (Wildman–Crippen LogP) is 3.89. The second-order valence-corrected chi connectivity index (χ2v) is 5.11. The van der Waals surface area contributed by atoms with Crippen molar-refractivity contribution >= 4 is 17.6 Å². The van der Waals surface area contributed by atoms with Gasteiger partial charge < -0.3 is 9.47 Å². The molecule has 0 amide bonds. The molecule has 1 aliphatic carbocycles. The molecule has 3 nitrogen and oxygen atoms in total. The normalized spacial score (nSPS) is 16.1. The van der Waals surface area contributed by atoms with Crippen LogP contribution in [-0.4, -0.2) is 19.0 Å². The van der Waals surface area contributed by atoms with E-state index in [9.17, 15) is 4.79 Å². The smallest absolute Gasteiger partial charge is 0.326 e. The summed E-state index contributed by atoms with van der Waals surface area (Å²) in [5.41, 5.74) is 1.10. The number of rotatable bonds is 4. The molecular weight excluding hydrogens is 264 g/mol. The summed E-state index contributed by atoms with van der Waals surface area (Å²) in [6.45, 7) is 0. The zero-order valence-electron chi connectivity index (χ0n) is 11.2. The Morgan fingerprint density at radius 3 is 2.68 bits per heavy atom. The fourth-order valence-corrected chi connectivity index (χ4v) is 2.69. The molecule has 0 aliphatic heterocycles. The van der Waals surface area contributed by atoms with Crippen LogP contribution in [0, 0.1) is 0 Å². The standard InChI is InChI=1S/C15H19ClO3/c1-18-12-7-8-13(11-5-3-2-4-6-11)14(9-12)19-15(17)10-16/h7-9,11H,2-6,10H2,1H3. The monoisotopic (exact) mass is 282 g/mol. The van der Waals surface area contributed by atoms with E-state index in [0.717, 1.165) is 18.4 Å². The molecule has 0 heterocycles. The van der Waals surface area contributed by atoms with Gasteiger partial charge in [-0.1, -0.05) is 25.3 Å². The number of ether oxygens (including phenoxy) is 2. The Hall–Kier alpha value is -1.22. The minimum absolute atomic E-state index is 0.138. The first kappa shape index (κ1) is 14.2. The molecule has 0 N–H and O–H groups in total. The van der Waals surface area contributed by atoms with Gasteiger partial charge in [0.15, 0.2) is 0 Å². The van der Waals surface area contributed by atoms with Crippen molar-refractivity contribution in [3.8, 4) is 11.5 Å². The number of halogens is 1. The number of hydrogen-bond acceptors (Lipinski definition) is 3. The van der Waals surface area contributed by atoms with Crippen molar-refractivity contribution in [3.63, 3.8) is 0 Å². The molecule has 0 saturated heterocycles. The van der Waals surface area contributed by atoms with Gasteiger partial charge >= 0.3 is 5.97 Å². The summed E-state index contributed by atoms with van der Waals surface area (Å²) < 4.78 is 10.5. The van der Waals surface area contributed by atoms with Crippen LogP contribution in [0.15, 0.2) is 18.2 Å². The van der Waals surface area contributed by atoms with Crippen LogP contribution in [0.2, 0.25) is 0 Å². The average molecular weight is 283 g/mol. The zero-order valence-corrected chi connectivity index (χ0v) is 11.9. The highest BCUT2D eigenvalue weighted by Crippen LogP contribution is 2.39. The summed E-state index contributed by atoms with van der Waals surface area (Å²) in [7, 11) is 1.60. The molecule has 1 aromatic carbocycles. The zero-order chi connectivity index (χ0) is 13.7. The molecule has 0 spiro atoms. The molecule has 104 valence electrons. The largest absolute Gasteiger partial charge is 0.497 e. The molecule has 1 aliphatic rings. The Morgan fingerprint density at radius 1 is 1.32 bits per heavy atom. The number of methoxy groups -OCH3 is 1. The van der Waals surface area contributed by atoms with Crippen LogP contribution in [0.5, 0.6) is 11.5 Å². The van der Waals surface area contributed by atoms with Crippen LogP contribution in [0.4, 0.5) is 0 Å². The predicted molar refractivity (Wildman–Crippen MR) is 75.2 cm³/mol. The second-order valence-electron chi connectivity index (χ2n) is 4.85. The average Bonchev–Trinajstić information content (AvgIpc) is 2.48. The summed E-state index contributed by atoms with van der Waals surface area (Å²) in [6.07, 6.45) is 6.07. The van der Waals surface area contributed by atoms with Crippen LogP contribution < -0.4 is 9.47 Å². The summed E-state index contributed by atoms with van der Waals surface area (Å²) in [5.74, 6) is 1.19. The second kappa shape index (κ2) is 6.80. The molecule has 0 bridgehead atoms. The van der Waals surface area contributed by atoms with E-state index >= 15 is 0 Å². The molecule has 4 heteroatoms. The van der Waals surface area contributed by atoms with Crippen LogP contribution in [-0.2, 0) is 4.79 Å². The molecule has 1 saturated carbocycles. The van der Waals surface area contributed by atoms with Crippen molar-refractivity contribution in [2.24, 2.45) is 0 Å². The van der Waals surface area contributed by atoms with Gasteiger partial charge in [-0.2, -0.15) is 0 Å². The van der Waals surface area contributed by atoms with E-state index < -0.39 is 5.97 Å². The lowest BCUT2D eigenvalue weighted by Gasteiger charge is -2.24. The molecule has 0 aromatic heterocycles. The van der Waals surface area contributed by atoms with E-state index in [0.29, 0.717) is 17.4 Å². The Labute approximate surface area is 118 Å². The summed E-state index contributed by atoms with van der Waals surface area (Å²) in [5, 5.41) is 0. The number of hydrogen-bond donors (Lipinski definition) is 0. The maximum Gasteiger partial charge on any atom is 0.326 e. The van der Waals surface area contributed by atoms with Gasteiger partial charge in [0.25, 0.3) is 0 Å². The molecule has 0 radical (unpaired) electrons. The molecule has 1 fully saturated rings. The third kappa shape index (κ3) is 3.63. The van der Waals surface area contributed by atoms with Gasteiger partial charge in [-0.25, -0.2) is 0 Å². The van der Waals surface area contributed by atoms with Crippen molar-refractivity contribution in [2.45, 2.75) is 38.0 Å². The van der Waals surface area contributed by atoms with Crippen LogP contribution >= 0.6 is 11.6 Å². The van der Waals surface area contributed by atoms with Crippen molar-refractivity contribution in [1.82, 2.24) is 0 Å². The van der Waals surface area contributed by atoms with Gasteiger partial charge in [-0.05, 0) is 30.4 Å².